The molecule has 0 aliphatic rings. The molecule has 1 rings (SSSR count). The van der Waals surface area contributed by atoms with Crippen LogP contribution in [0.3, 0.4) is 0 Å². The van der Waals surface area contributed by atoms with Crippen LogP contribution in [0.4, 0.5) is 0 Å². The van der Waals surface area contributed by atoms with Gasteiger partial charge >= 0.3 is 0 Å². The third kappa shape index (κ3) is 5.24. The molecule has 0 bridgehead atoms. The largest absolute Gasteiger partial charge is 0.496 e. The molecule has 0 amide bonds. The van der Waals surface area contributed by atoms with Gasteiger partial charge in [-0.05, 0) is 37.7 Å². The summed E-state index contributed by atoms with van der Waals surface area (Å²) in [4.78, 5) is 2.43. The van der Waals surface area contributed by atoms with Gasteiger partial charge in [-0.3, -0.25) is 4.90 Å². The Bertz CT molecular complexity index is 460. The highest BCUT2D eigenvalue weighted by atomic mass is 16.5. The Morgan fingerprint density at radius 3 is 2.70 bits per heavy atom. The fourth-order valence-electron chi connectivity index (χ4n) is 2.10. The molecule has 1 aromatic rings. The average Bonchev–Trinajstić information content (AvgIpc) is 2.49. The first kappa shape index (κ1) is 16.6. The van der Waals surface area contributed by atoms with E-state index in [1.807, 2.05) is 12.1 Å². The zero-order valence-electron chi connectivity index (χ0n) is 12.9. The van der Waals surface area contributed by atoms with E-state index in [1.54, 1.807) is 7.11 Å². The fraction of sp³-hybridized carbons (Fsp3) is 0.529. The summed E-state index contributed by atoms with van der Waals surface area (Å²) in [5, 5.41) is 0. The minimum absolute atomic E-state index is 0.388. The van der Waals surface area contributed by atoms with Gasteiger partial charge in [-0.15, -0.1) is 0 Å². The molecular weight excluding hydrogens is 248 g/mol. The van der Waals surface area contributed by atoms with Crippen LogP contribution in [0.15, 0.2) is 18.2 Å². The zero-order valence-corrected chi connectivity index (χ0v) is 12.9. The molecule has 0 saturated heterocycles. The summed E-state index contributed by atoms with van der Waals surface area (Å²) in [5.41, 5.74) is 7.61. The van der Waals surface area contributed by atoms with Gasteiger partial charge in [-0.25, -0.2) is 0 Å². The monoisotopic (exact) mass is 274 g/mol. The van der Waals surface area contributed by atoms with Crippen molar-refractivity contribution in [1.29, 1.82) is 0 Å². The van der Waals surface area contributed by atoms with Crippen LogP contribution in [-0.4, -0.2) is 31.6 Å². The first-order valence-corrected chi connectivity index (χ1v) is 7.33. The molecule has 3 nitrogen and oxygen atoms in total. The molecule has 0 aliphatic heterocycles. The Morgan fingerprint density at radius 2 is 2.10 bits per heavy atom. The third-order valence-corrected chi connectivity index (χ3v) is 3.28. The van der Waals surface area contributed by atoms with Crippen LogP contribution in [-0.2, 0) is 6.54 Å². The van der Waals surface area contributed by atoms with Gasteiger partial charge in [0.2, 0.25) is 0 Å². The lowest BCUT2D eigenvalue weighted by molar-refractivity contribution is 0.270. The van der Waals surface area contributed by atoms with E-state index in [1.165, 1.54) is 18.4 Å². The number of benzene rings is 1. The molecule has 3 heteroatoms. The van der Waals surface area contributed by atoms with E-state index in [-0.39, 0.29) is 0 Å². The highest BCUT2D eigenvalue weighted by molar-refractivity contribution is 5.44. The third-order valence-electron chi connectivity index (χ3n) is 3.28. The second-order valence-corrected chi connectivity index (χ2v) is 4.75. The molecular formula is C17H26N2O. The maximum absolute atomic E-state index is 5.46. The number of hydrogen-bond acceptors (Lipinski definition) is 3. The molecule has 0 aromatic heterocycles. The molecule has 2 N–H and O–H groups in total. The standard InChI is InChI=1S/C17H26N2O/c1-4-6-12-19(5-2)14-16-13-15(8-7-11-18)9-10-17(16)20-3/h9-10,13H,4-6,11-12,14,18H2,1-3H3. The fourth-order valence-corrected chi connectivity index (χ4v) is 2.10. The number of methoxy groups -OCH3 is 1. The van der Waals surface area contributed by atoms with Gasteiger partial charge in [0.25, 0.3) is 0 Å². The van der Waals surface area contributed by atoms with E-state index in [0.717, 1.165) is 30.9 Å². The first-order valence-electron chi connectivity index (χ1n) is 7.33. The second-order valence-electron chi connectivity index (χ2n) is 4.75. The number of ether oxygens (including phenoxy) is 1. The second kappa shape index (κ2) is 9.41. The summed E-state index contributed by atoms with van der Waals surface area (Å²) in [6, 6.07) is 6.08. The minimum atomic E-state index is 0.388. The van der Waals surface area contributed by atoms with Gasteiger partial charge in [0.15, 0.2) is 0 Å². The molecule has 0 saturated carbocycles. The normalized spacial score (nSPS) is 10.2. The van der Waals surface area contributed by atoms with E-state index in [9.17, 15) is 0 Å². The van der Waals surface area contributed by atoms with E-state index in [2.05, 4.69) is 36.7 Å². The summed E-state index contributed by atoms with van der Waals surface area (Å²) in [6.45, 7) is 7.87. The molecule has 110 valence electrons. The summed E-state index contributed by atoms with van der Waals surface area (Å²) in [6.07, 6.45) is 2.44. The smallest absolute Gasteiger partial charge is 0.123 e. The zero-order chi connectivity index (χ0) is 14.8. The van der Waals surface area contributed by atoms with Crippen molar-refractivity contribution in [3.63, 3.8) is 0 Å². The highest BCUT2D eigenvalue weighted by Crippen LogP contribution is 2.21. The molecule has 0 fully saturated rings. The molecule has 0 unspecified atom stereocenters. The van der Waals surface area contributed by atoms with Crippen LogP contribution < -0.4 is 10.5 Å². The number of nitrogens with zero attached hydrogens (tertiary/aromatic N) is 1. The van der Waals surface area contributed by atoms with Crippen LogP contribution >= 0.6 is 0 Å². The topological polar surface area (TPSA) is 38.5 Å². The van der Waals surface area contributed by atoms with E-state index >= 15 is 0 Å². The van der Waals surface area contributed by atoms with E-state index < -0.39 is 0 Å². The van der Waals surface area contributed by atoms with Crippen LogP contribution in [0.1, 0.15) is 37.8 Å². The lowest BCUT2D eigenvalue weighted by Crippen LogP contribution is -2.24. The van der Waals surface area contributed by atoms with Gasteiger partial charge in [-0.2, -0.15) is 0 Å². The van der Waals surface area contributed by atoms with Crippen molar-refractivity contribution in [2.75, 3.05) is 26.7 Å². The van der Waals surface area contributed by atoms with Crippen molar-refractivity contribution in [3.05, 3.63) is 29.3 Å². The Balaban J connectivity index is 2.89. The Hall–Kier alpha value is -1.50. The molecule has 0 heterocycles. The minimum Gasteiger partial charge on any atom is -0.496 e. The van der Waals surface area contributed by atoms with Crippen molar-refractivity contribution in [2.45, 2.75) is 33.2 Å². The molecule has 20 heavy (non-hydrogen) atoms. The van der Waals surface area contributed by atoms with E-state index in [4.69, 9.17) is 10.5 Å². The number of unbranched alkanes of at least 4 members (excludes halogenated alkanes) is 1. The Morgan fingerprint density at radius 1 is 1.30 bits per heavy atom. The Kier molecular flexibility index (Phi) is 7.79. The van der Waals surface area contributed by atoms with Crippen molar-refractivity contribution in [3.8, 4) is 17.6 Å². The summed E-state index contributed by atoms with van der Waals surface area (Å²) in [7, 11) is 1.71. The average molecular weight is 274 g/mol. The highest BCUT2D eigenvalue weighted by Gasteiger charge is 2.08. The van der Waals surface area contributed by atoms with Crippen molar-refractivity contribution in [1.82, 2.24) is 4.90 Å². The van der Waals surface area contributed by atoms with Crippen LogP contribution in [0.25, 0.3) is 0 Å². The molecule has 1 aromatic carbocycles. The van der Waals surface area contributed by atoms with Crippen LogP contribution in [0, 0.1) is 11.8 Å². The van der Waals surface area contributed by atoms with Crippen LogP contribution in [0.5, 0.6) is 5.75 Å². The SMILES string of the molecule is CCCCN(CC)Cc1cc(C#CCN)ccc1OC. The van der Waals surface area contributed by atoms with Crippen LogP contribution in [0.2, 0.25) is 0 Å². The molecule has 0 atom stereocenters. The summed E-state index contributed by atoms with van der Waals surface area (Å²) in [5.74, 6) is 6.90. The van der Waals surface area contributed by atoms with Crippen molar-refractivity contribution >= 4 is 0 Å². The summed E-state index contributed by atoms with van der Waals surface area (Å²) >= 11 is 0. The molecule has 0 radical (unpaired) electrons. The van der Waals surface area contributed by atoms with Crippen molar-refractivity contribution < 1.29 is 4.74 Å². The predicted octanol–water partition coefficient (Wildman–Crippen LogP) is 2.63. The van der Waals surface area contributed by atoms with Gasteiger partial charge in [0.1, 0.15) is 5.75 Å². The maximum atomic E-state index is 5.46. The lowest BCUT2D eigenvalue weighted by Gasteiger charge is -2.21. The number of hydrogen-bond donors (Lipinski definition) is 1. The van der Waals surface area contributed by atoms with Crippen molar-refractivity contribution in [2.24, 2.45) is 5.73 Å². The quantitative estimate of drug-likeness (QED) is 0.777. The van der Waals surface area contributed by atoms with E-state index in [0.29, 0.717) is 6.54 Å². The first-order chi connectivity index (χ1) is 9.74. The number of nitrogens with two attached hydrogens (primary N) is 1. The van der Waals surface area contributed by atoms with Gasteiger partial charge in [0, 0.05) is 17.7 Å². The predicted molar refractivity (Wildman–Crippen MR) is 84.8 cm³/mol. The molecule has 0 aliphatic carbocycles. The number of rotatable bonds is 7. The van der Waals surface area contributed by atoms with Gasteiger partial charge in [-0.1, -0.05) is 32.1 Å². The summed E-state index contributed by atoms with van der Waals surface area (Å²) < 4.78 is 5.46. The molecule has 0 spiro atoms. The Labute approximate surface area is 123 Å². The van der Waals surface area contributed by atoms with Gasteiger partial charge in [0.05, 0.1) is 13.7 Å². The lowest BCUT2D eigenvalue weighted by atomic mass is 10.1. The van der Waals surface area contributed by atoms with Gasteiger partial charge < -0.3 is 10.5 Å². The maximum Gasteiger partial charge on any atom is 0.123 e.